The second-order valence-corrected chi connectivity index (χ2v) is 6.99. The standard InChI is InChI=1S/C19H25F3N4OS/c1-23-18(25-11-9-17-26-16(14-28-17)19(20,21)22)24-10-5-6-12-27-13-15-7-3-2-4-8-15/h2-4,7-8,14H,5-6,9-13H2,1H3,(H2,23,24,25). The average Bonchev–Trinajstić information content (AvgIpc) is 3.16. The van der Waals surface area contributed by atoms with Crippen molar-refractivity contribution in [1.29, 1.82) is 0 Å². The first kappa shape index (κ1) is 22.2. The molecule has 0 fully saturated rings. The summed E-state index contributed by atoms with van der Waals surface area (Å²) < 4.78 is 43.2. The fourth-order valence-electron chi connectivity index (χ4n) is 2.36. The van der Waals surface area contributed by atoms with Gasteiger partial charge in [0.05, 0.1) is 11.6 Å². The molecule has 0 amide bonds. The topological polar surface area (TPSA) is 58.5 Å². The number of ether oxygens (including phenoxy) is 1. The van der Waals surface area contributed by atoms with Crippen molar-refractivity contribution < 1.29 is 17.9 Å². The van der Waals surface area contributed by atoms with Gasteiger partial charge in [0, 0.05) is 38.5 Å². The zero-order chi connectivity index (χ0) is 20.2. The molecule has 2 aromatic rings. The number of hydrogen-bond donors (Lipinski definition) is 2. The normalized spacial score (nSPS) is 12.2. The first-order valence-electron chi connectivity index (χ1n) is 9.07. The Morgan fingerprint density at radius 3 is 2.57 bits per heavy atom. The van der Waals surface area contributed by atoms with E-state index in [4.69, 9.17) is 4.74 Å². The summed E-state index contributed by atoms with van der Waals surface area (Å²) >= 11 is 1.02. The molecule has 0 aliphatic heterocycles. The molecule has 0 unspecified atom stereocenters. The lowest BCUT2D eigenvalue weighted by Crippen LogP contribution is -2.38. The molecule has 1 aromatic carbocycles. The zero-order valence-corrected chi connectivity index (χ0v) is 16.6. The van der Waals surface area contributed by atoms with Crippen LogP contribution in [0.25, 0.3) is 0 Å². The van der Waals surface area contributed by atoms with E-state index in [1.54, 1.807) is 7.05 Å². The highest BCUT2D eigenvalue weighted by Crippen LogP contribution is 2.29. The molecule has 0 spiro atoms. The summed E-state index contributed by atoms with van der Waals surface area (Å²) in [4.78, 5) is 7.71. The Hall–Kier alpha value is -2.13. The molecule has 5 nitrogen and oxygen atoms in total. The Balaban J connectivity index is 1.53. The SMILES string of the molecule is CN=C(NCCCCOCc1ccccc1)NCCc1nc(C(F)(F)F)cs1. The Bertz CT molecular complexity index is 719. The summed E-state index contributed by atoms with van der Waals surface area (Å²) in [5.41, 5.74) is 0.331. The van der Waals surface area contributed by atoms with Crippen molar-refractivity contribution in [2.45, 2.75) is 32.0 Å². The maximum atomic E-state index is 12.5. The number of alkyl halides is 3. The van der Waals surface area contributed by atoms with Crippen LogP contribution in [0.2, 0.25) is 0 Å². The number of benzene rings is 1. The van der Waals surface area contributed by atoms with Gasteiger partial charge in [-0.1, -0.05) is 30.3 Å². The monoisotopic (exact) mass is 414 g/mol. The Kier molecular flexibility index (Phi) is 9.22. The van der Waals surface area contributed by atoms with Crippen LogP contribution >= 0.6 is 11.3 Å². The van der Waals surface area contributed by atoms with Gasteiger partial charge in [-0.2, -0.15) is 13.2 Å². The maximum Gasteiger partial charge on any atom is 0.434 e. The van der Waals surface area contributed by atoms with Gasteiger partial charge in [-0.05, 0) is 18.4 Å². The molecule has 9 heteroatoms. The zero-order valence-electron chi connectivity index (χ0n) is 15.8. The third kappa shape index (κ3) is 8.26. The van der Waals surface area contributed by atoms with Gasteiger partial charge in [0.1, 0.15) is 0 Å². The molecule has 154 valence electrons. The van der Waals surface area contributed by atoms with E-state index in [0.29, 0.717) is 37.1 Å². The summed E-state index contributed by atoms with van der Waals surface area (Å²) in [6.07, 6.45) is -2.12. The van der Waals surface area contributed by atoms with Crippen LogP contribution in [0, 0.1) is 0 Å². The number of halogens is 3. The van der Waals surface area contributed by atoms with E-state index in [2.05, 4.69) is 20.6 Å². The summed E-state index contributed by atoms with van der Waals surface area (Å²) in [5.74, 6) is 0.623. The first-order chi connectivity index (χ1) is 13.5. The van der Waals surface area contributed by atoms with Gasteiger partial charge < -0.3 is 15.4 Å². The lowest BCUT2D eigenvalue weighted by Gasteiger charge is -2.11. The second-order valence-electron chi connectivity index (χ2n) is 6.05. The van der Waals surface area contributed by atoms with Crippen LogP contribution in [-0.4, -0.2) is 37.7 Å². The highest BCUT2D eigenvalue weighted by Gasteiger charge is 2.33. The number of guanidine groups is 1. The number of thiazole rings is 1. The van der Waals surface area contributed by atoms with Crippen molar-refractivity contribution in [3.8, 4) is 0 Å². The average molecular weight is 414 g/mol. The molecular weight excluding hydrogens is 389 g/mol. The van der Waals surface area contributed by atoms with Crippen molar-refractivity contribution in [1.82, 2.24) is 15.6 Å². The molecular formula is C19H25F3N4OS. The van der Waals surface area contributed by atoms with Crippen LogP contribution in [-0.2, 0) is 23.9 Å². The van der Waals surface area contributed by atoms with Crippen LogP contribution in [0.5, 0.6) is 0 Å². The van der Waals surface area contributed by atoms with Crippen LogP contribution in [0.3, 0.4) is 0 Å². The van der Waals surface area contributed by atoms with Crippen LogP contribution in [0.1, 0.15) is 29.1 Å². The number of hydrogen-bond acceptors (Lipinski definition) is 4. The molecule has 1 heterocycles. The quantitative estimate of drug-likeness (QED) is 0.352. The van der Waals surface area contributed by atoms with Gasteiger partial charge in [0.2, 0.25) is 0 Å². The number of nitrogens with zero attached hydrogens (tertiary/aromatic N) is 2. The molecule has 2 N–H and O–H groups in total. The molecule has 2 rings (SSSR count). The summed E-state index contributed by atoms with van der Waals surface area (Å²) in [6.45, 7) is 2.51. The van der Waals surface area contributed by atoms with Crippen LogP contribution in [0.15, 0.2) is 40.7 Å². The summed E-state index contributed by atoms with van der Waals surface area (Å²) in [7, 11) is 1.66. The molecule has 0 bridgehead atoms. The van der Waals surface area contributed by atoms with E-state index in [0.717, 1.165) is 41.7 Å². The molecule has 0 atom stereocenters. The Morgan fingerprint density at radius 1 is 1.14 bits per heavy atom. The van der Waals surface area contributed by atoms with E-state index in [-0.39, 0.29) is 0 Å². The fourth-order valence-corrected chi connectivity index (χ4v) is 3.17. The highest BCUT2D eigenvalue weighted by molar-refractivity contribution is 7.09. The first-order valence-corrected chi connectivity index (χ1v) is 9.95. The lowest BCUT2D eigenvalue weighted by atomic mass is 10.2. The van der Waals surface area contributed by atoms with E-state index >= 15 is 0 Å². The molecule has 0 aliphatic rings. The Morgan fingerprint density at radius 2 is 1.89 bits per heavy atom. The molecule has 28 heavy (non-hydrogen) atoms. The second kappa shape index (κ2) is 11.7. The van der Waals surface area contributed by atoms with Gasteiger partial charge in [-0.15, -0.1) is 11.3 Å². The Labute approximate surface area is 167 Å². The number of rotatable bonds is 10. The minimum absolute atomic E-state index is 0.411. The van der Waals surface area contributed by atoms with Gasteiger partial charge in [0.25, 0.3) is 0 Å². The minimum Gasteiger partial charge on any atom is -0.377 e. The van der Waals surface area contributed by atoms with Gasteiger partial charge in [0.15, 0.2) is 11.7 Å². The van der Waals surface area contributed by atoms with Gasteiger partial charge in [-0.3, -0.25) is 4.99 Å². The summed E-state index contributed by atoms with van der Waals surface area (Å²) in [5, 5.41) is 7.76. The molecule has 0 saturated heterocycles. The fraction of sp³-hybridized carbons (Fsp3) is 0.474. The third-order valence-corrected chi connectivity index (χ3v) is 4.73. The van der Waals surface area contributed by atoms with Gasteiger partial charge in [-0.25, -0.2) is 4.98 Å². The highest BCUT2D eigenvalue weighted by atomic mass is 32.1. The minimum atomic E-state index is -4.38. The van der Waals surface area contributed by atoms with Crippen molar-refractivity contribution in [3.05, 3.63) is 52.0 Å². The summed E-state index contributed by atoms with van der Waals surface area (Å²) in [6, 6.07) is 10.0. The predicted molar refractivity (Wildman–Crippen MR) is 106 cm³/mol. The van der Waals surface area contributed by atoms with Gasteiger partial charge >= 0.3 is 6.18 Å². The van der Waals surface area contributed by atoms with E-state index in [9.17, 15) is 13.2 Å². The number of unbranched alkanes of at least 4 members (excludes halogenated alkanes) is 1. The third-order valence-electron chi connectivity index (χ3n) is 3.82. The molecule has 1 aromatic heterocycles. The number of aliphatic imine (C=N–C) groups is 1. The van der Waals surface area contributed by atoms with Crippen molar-refractivity contribution in [2.24, 2.45) is 4.99 Å². The predicted octanol–water partition coefficient (Wildman–Crippen LogP) is 3.87. The lowest BCUT2D eigenvalue weighted by molar-refractivity contribution is -0.140. The molecule has 0 saturated carbocycles. The largest absolute Gasteiger partial charge is 0.434 e. The van der Waals surface area contributed by atoms with Crippen molar-refractivity contribution in [2.75, 3.05) is 26.7 Å². The van der Waals surface area contributed by atoms with Crippen molar-refractivity contribution in [3.63, 3.8) is 0 Å². The molecule has 0 radical (unpaired) electrons. The van der Waals surface area contributed by atoms with Crippen LogP contribution < -0.4 is 10.6 Å². The number of nitrogens with one attached hydrogen (secondary N) is 2. The maximum absolute atomic E-state index is 12.5. The number of aromatic nitrogens is 1. The van der Waals surface area contributed by atoms with E-state index < -0.39 is 11.9 Å². The smallest absolute Gasteiger partial charge is 0.377 e. The van der Waals surface area contributed by atoms with E-state index in [1.807, 2.05) is 30.3 Å². The van der Waals surface area contributed by atoms with Crippen molar-refractivity contribution >= 4 is 17.3 Å². The molecule has 0 aliphatic carbocycles. The van der Waals surface area contributed by atoms with Crippen LogP contribution in [0.4, 0.5) is 13.2 Å². The van der Waals surface area contributed by atoms with E-state index in [1.165, 1.54) is 0 Å².